The van der Waals surface area contributed by atoms with Gasteiger partial charge in [0.25, 0.3) is 5.91 Å². The fourth-order valence-electron chi connectivity index (χ4n) is 2.93. The van der Waals surface area contributed by atoms with Crippen molar-refractivity contribution in [2.75, 3.05) is 38.7 Å². The zero-order valence-electron chi connectivity index (χ0n) is 17.4. The second-order valence-corrected chi connectivity index (χ2v) is 6.72. The minimum absolute atomic E-state index is 0.228. The van der Waals surface area contributed by atoms with E-state index in [0.29, 0.717) is 37.4 Å². The average Bonchev–Trinajstić information content (AvgIpc) is 2.84. The van der Waals surface area contributed by atoms with Crippen LogP contribution in [0.4, 0.5) is 5.69 Å². The minimum Gasteiger partial charge on any atom is -0.465 e. The second-order valence-electron chi connectivity index (χ2n) is 6.72. The summed E-state index contributed by atoms with van der Waals surface area (Å²) in [5, 5.41) is 6.19. The molecule has 1 aliphatic heterocycles. The Kier molecular flexibility index (Phi) is 7.65. The Balaban J connectivity index is 1.59. The van der Waals surface area contributed by atoms with Gasteiger partial charge in [-0.1, -0.05) is 24.3 Å². The zero-order chi connectivity index (χ0) is 22.9. The maximum Gasteiger partial charge on any atom is 0.337 e. The molecular formula is C22H22N4O6. The van der Waals surface area contributed by atoms with Gasteiger partial charge in [-0.25, -0.2) is 10.2 Å². The standard InChI is InChI=1S/C22H22N4O6/c1-31-22(30)16-8-6-15(7-9-16)14-23-25-20(28)19(27)24-18-5-3-2-4-17(18)21(29)26-10-12-32-13-11-26/h2-9,14H,10-13H2,1H3,(H,24,27)(H,25,28). The third-order valence-electron chi connectivity index (χ3n) is 4.62. The molecule has 0 bridgehead atoms. The summed E-state index contributed by atoms with van der Waals surface area (Å²) in [6.45, 7) is 1.81. The van der Waals surface area contributed by atoms with Gasteiger partial charge in [0.15, 0.2) is 0 Å². The van der Waals surface area contributed by atoms with Gasteiger partial charge in [0.2, 0.25) is 0 Å². The van der Waals surface area contributed by atoms with E-state index in [1.807, 2.05) is 0 Å². The molecule has 0 radical (unpaired) electrons. The Morgan fingerprint density at radius 3 is 2.38 bits per heavy atom. The Bertz CT molecular complexity index is 1030. The Labute approximate surface area is 184 Å². The number of ether oxygens (including phenoxy) is 2. The first kappa shape index (κ1) is 22.6. The number of nitrogens with zero attached hydrogens (tertiary/aromatic N) is 2. The molecule has 0 atom stereocenters. The van der Waals surface area contributed by atoms with Crippen LogP contribution >= 0.6 is 0 Å². The largest absolute Gasteiger partial charge is 0.465 e. The Morgan fingerprint density at radius 2 is 1.69 bits per heavy atom. The van der Waals surface area contributed by atoms with Crippen LogP contribution in [0, 0.1) is 0 Å². The van der Waals surface area contributed by atoms with Crippen molar-refractivity contribution in [2.24, 2.45) is 5.10 Å². The van der Waals surface area contributed by atoms with Crippen LogP contribution in [0.25, 0.3) is 0 Å². The van der Waals surface area contributed by atoms with E-state index in [0.717, 1.165) is 0 Å². The molecule has 2 aromatic carbocycles. The van der Waals surface area contributed by atoms with Gasteiger partial charge in [-0.2, -0.15) is 5.10 Å². The van der Waals surface area contributed by atoms with E-state index >= 15 is 0 Å². The maximum atomic E-state index is 12.8. The number of para-hydroxylation sites is 1. The quantitative estimate of drug-likeness (QED) is 0.311. The number of esters is 1. The third kappa shape index (κ3) is 5.76. The number of benzene rings is 2. The lowest BCUT2D eigenvalue weighted by Gasteiger charge is -2.27. The van der Waals surface area contributed by atoms with E-state index < -0.39 is 17.8 Å². The molecule has 32 heavy (non-hydrogen) atoms. The van der Waals surface area contributed by atoms with Crippen LogP contribution in [0.5, 0.6) is 0 Å². The van der Waals surface area contributed by atoms with E-state index in [1.54, 1.807) is 53.4 Å². The minimum atomic E-state index is -0.999. The number of morpholine rings is 1. The summed E-state index contributed by atoms with van der Waals surface area (Å²) in [6, 6.07) is 12.8. The first-order chi connectivity index (χ1) is 15.5. The lowest BCUT2D eigenvalue weighted by atomic mass is 10.1. The molecule has 10 nitrogen and oxygen atoms in total. The van der Waals surface area contributed by atoms with Crippen LogP contribution < -0.4 is 10.7 Å². The summed E-state index contributed by atoms with van der Waals surface area (Å²) in [7, 11) is 1.29. The molecule has 0 unspecified atom stereocenters. The molecule has 1 fully saturated rings. The van der Waals surface area contributed by atoms with Crippen LogP contribution in [-0.2, 0) is 19.1 Å². The van der Waals surface area contributed by atoms with Gasteiger partial charge in [0, 0.05) is 13.1 Å². The van der Waals surface area contributed by atoms with E-state index in [4.69, 9.17) is 4.74 Å². The molecule has 3 rings (SSSR count). The average molecular weight is 438 g/mol. The first-order valence-corrected chi connectivity index (χ1v) is 9.78. The SMILES string of the molecule is COC(=O)c1ccc(C=NNC(=O)C(=O)Nc2ccccc2C(=O)N2CCOCC2)cc1. The smallest absolute Gasteiger partial charge is 0.337 e. The van der Waals surface area contributed by atoms with Gasteiger partial charge in [-0.05, 0) is 29.8 Å². The van der Waals surface area contributed by atoms with Crippen molar-refractivity contribution >= 4 is 35.6 Å². The van der Waals surface area contributed by atoms with E-state index in [-0.39, 0.29) is 17.2 Å². The van der Waals surface area contributed by atoms with Crippen LogP contribution in [0.3, 0.4) is 0 Å². The topological polar surface area (TPSA) is 126 Å². The van der Waals surface area contributed by atoms with E-state index in [2.05, 4.69) is 20.6 Å². The molecule has 0 aromatic heterocycles. The Hall–Kier alpha value is -4.05. The summed E-state index contributed by atoms with van der Waals surface area (Å²) in [5.41, 5.74) is 3.61. The van der Waals surface area contributed by atoms with Crippen LogP contribution in [0.1, 0.15) is 26.3 Å². The van der Waals surface area contributed by atoms with Gasteiger partial charge < -0.3 is 19.7 Å². The molecule has 0 spiro atoms. The lowest BCUT2D eigenvalue weighted by molar-refractivity contribution is -0.136. The highest BCUT2D eigenvalue weighted by Crippen LogP contribution is 2.18. The van der Waals surface area contributed by atoms with Gasteiger partial charge in [0.05, 0.1) is 43.4 Å². The molecule has 1 aliphatic rings. The Morgan fingerprint density at radius 1 is 1.00 bits per heavy atom. The maximum absolute atomic E-state index is 12.8. The number of hydrogen-bond acceptors (Lipinski definition) is 7. The summed E-state index contributed by atoms with van der Waals surface area (Å²) in [6.07, 6.45) is 1.32. The molecule has 166 valence electrons. The molecular weight excluding hydrogens is 416 g/mol. The molecule has 0 aliphatic carbocycles. The number of rotatable bonds is 5. The summed E-state index contributed by atoms with van der Waals surface area (Å²) in [5.74, 6) is -2.68. The van der Waals surface area contributed by atoms with Crippen LogP contribution in [0.15, 0.2) is 53.6 Å². The predicted molar refractivity (Wildman–Crippen MR) is 115 cm³/mol. The molecule has 10 heteroatoms. The number of amides is 3. The number of hydrazone groups is 1. The number of hydrogen-bond donors (Lipinski definition) is 2. The van der Waals surface area contributed by atoms with Gasteiger partial charge in [-0.3, -0.25) is 14.4 Å². The monoisotopic (exact) mass is 438 g/mol. The number of methoxy groups -OCH3 is 1. The van der Waals surface area contributed by atoms with Crippen molar-refractivity contribution in [1.82, 2.24) is 10.3 Å². The van der Waals surface area contributed by atoms with Gasteiger partial charge in [-0.15, -0.1) is 0 Å². The highest BCUT2D eigenvalue weighted by molar-refractivity contribution is 6.40. The van der Waals surface area contributed by atoms with Crippen molar-refractivity contribution in [1.29, 1.82) is 0 Å². The predicted octanol–water partition coefficient (Wildman–Crippen LogP) is 1.03. The highest BCUT2D eigenvalue weighted by atomic mass is 16.5. The molecule has 2 aromatic rings. The summed E-state index contributed by atoms with van der Waals surface area (Å²) >= 11 is 0. The lowest BCUT2D eigenvalue weighted by Crippen LogP contribution is -2.41. The van der Waals surface area contributed by atoms with Gasteiger partial charge >= 0.3 is 17.8 Å². The normalized spacial score (nSPS) is 13.5. The zero-order valence-corrected chi connectivity index (χ0v) is 17.4. The van der Waals surface area contributed by atoms with Gasteiger partial charge in [0.1, 0.15) is 0 Å². The number of carbonyl (C=O) groups is 4. The fourth-order valence-corrected chi connectivity index (χ4v) is 2.93. The van der Waals surface area contributed by atoms with Crippen molar-refractivity contribution in [3.63, 3.8) is 0 Å². The molecule has 2 N–H and O–H groups in total. The van der Waals surface area contributed by atoms with Crippen molar-refractivity contribution in [2.45, 2.75) is 0 Å². The molecule has 3 amide bonds. The first-order valence-electron chi connectivity index (χ1n) is 9.78. The third-order valence-corrected chi connectivity index (χ3v) is 4.62. The van der Waals surface area contributed by atoms with Crippen LogP contribution in [-0.4, -0.2) is 68.2 Å². The summed E-state index contributed by atoms with van der Waals surface area (Å²) in [4.78, 5) is 50.2. The highest BCUT2D eigenvalue weighted by Gasteiger charge is 2.22. The molecule has 0 saturated carbocycles. The number of anilines is 1. The summed E-state index contributed by atoms with van der Waals surface area (Å²) < 4.78 is 9.87. The number of nitrogens with one attached hydrogen (secondary N) is 2. The second kappa shape index (κ2) is 10.8. The fraction of sp³-hybridized carbons (Fsp3) is 0.227. The van der Waals surface area contributed by atoms with Crippen LogP contribution in [0.2, 0.25) is 0 Å². The van der Waals surface area contributed by atoms with E-state index in [9.17, 15) is 19.2 Å². The van der Waals surface area contributed by atoms with Crippen molar-refractivity contribution in [3.8, 4) is 0 Å². The molecule has 1 heterocycles. The van der Waals surface area contributed by atoms with Crippen molar-refractivity contribution in [3.05, 3.63) is 65.2 Å². The molecule has 1 saturated heterocycles. The number of carbonyl (C=O) groups excluding carboxylic acids is 4. The van der Waals surface area contributed by atoms with E-state index in [1.165, 1.54) is 13.3 Å². The van der Waals surface area contributed by atoms with Crippen molar-refractivity contribution < 1.29 is 28.7 Å².